The number of hydrogen-bond acceptors (Lipinski definition) is 2. The van der Waals surface area contributed by atoms with E-state index in [0.717, 1.165) is 37.7 Å². The van der Waals surface area contributed by atoms with Crippen molar-refractivity contribution >= 4 is 5.97 Å². The van der Waals surface area contributed by atoms with Crippen molar-refractivity contribution in [3.8, 4) is 0 Å². The van der Waals surface area contributed by atoms with E-state index in [1.807, 2.05) is 0 Å². The van der Waals surface area contributed by atoms with Crippen molar-refractivity contribution in [3.05, 3.63) is 24.3 Å². The third-order valence-electron chi connectivity index (χ3n) is 5.06. The van der Waals surface area contributed by atoms with Crippen molar-refractivity contribution in [3.63, 3.8) is 0 Å². The second-order valence-corrected chi connectivity index (χ2v) is 6.14. The minimum absolute atomic E-state index is 0.0302. The van der Waals surface area contributed by atoms with Crippen molar-refractivity contribution in [2.24, 2.45) is 17.3 Å². The van der Waals surface area contributed by atoms with Gasteiger partial charge in [0, 0.05) is 5.57 Å². The Balaban J connectivity index is 2.17. The Labute approximate surface area is 108 Å². The molecule has 100 valence electrons. The van der Waals surface area contributed by atoms with Crippen LogP contribution in [-0.4, -0.2) is 22.3 Å². The Morgan fingerprint density at radius 3 is 2.61 bits per heavy atom. The van der Waals surface area contributed by atoms with E-state index < -0.39 is 12.1 Å². The molecule has 2 saturated carbocycles. The van der Waals surface area contributed by atoms with Crippen LogP contribution in [0, 0.1) is 17.3 Å². The van der Waals surface area contributed by atoms with Crippen LogP contribution in [0.1, 0.15) is 39.0 Å². The minimum atomic E-state index is -0.898. The number of carboxylic acids is 1. The summed E-state index contributed by atoms with van der Waals surface area (Å²) >= 11 is 0. The summed E-state index contributed by atoms with van der Waals surface area (Å²) in [7, 11) is 0. The molecular weight excluding hydrogens is 228 g/mol. The minimum Gasteiger partial charge on any atom is -0.478 e. The molecule has 0 amide bonds. The van der Waals surface area contributed by atoms with Gasteiger partial charge in [0.15, 0.2) is 0 Å². The second kappa shape index (κ2) is 4.54. The number of aliphatic carboxylic acids is 1. The van der Waals surface area contributed by atoms with Crippen molar-refractivity contribution < 1.29 is 15.0 Å². The molecule has 0 saturated heterocycles. The number of aliphatic hydroxyl groups is 1. The van der Waals surface area contributed by atoms with E-state index in [1.165, 1.54) is 0 Å². The SMILES string of the molecule is C=C(C(=O)O)[C@@H]1CC[C@]2(C)CC[C@@H](O)C(=C)[C@H]2C1. The molecule has 0 unspecified atom stereocenters. The van der Waals surface area contributed by atoms with E-state index in [1.54, 1.807) is 0 Å². The predicted octanol–water partition coefficient (Wildman–Crippen LogP) is 2.76. The third-order valence-corrected chi connectivity index (χ3v) is 5.06. The highest BCUT2D eigenvalue weighted by molar-refractivity contribution is 5.86. The van der Waals surface area contributed by atoms with Crippen LogP contribution in [0.25, 0.3) is 0 Å². The monoisotopic (exact) mass is 250 g/mol. The van der Waals surface area contributed by atoms with Crippen LogP contribution in [0.3, 0.4) is 0 Å². The zero-order chi connectivity index (χ0) is 13.5. The zero-order valence-electron chi connectivity index (χ0n) is 11.0. The number of carbonyl (C=O) groups is 1. The third kappa shape index (κ3) is 2.12. The molecule has 2 aliphatic carbocycles. The summed E-state index contributed by atoms with van der Waals surface area (Å²) in [5.41, 5.74) is 1.39. The molecule has 0 aromatic rings. The molecule has 0 radical (unpaired) electrons. The van der Waals surface area contributed by atoms with Gasteiger partial charge in [-0.05, 0) is 54.9 Å². The van der Waals surface area contributed by atoms with E-state index in [-0.39, 0.29) is 17.3 Å². The molecule has 0 aromatic heterocycles. The van der Waals surface area contributed by atoms with E-state index in [0.29, 0.717) is 5.57 Å². The Bertz CT molecular complexity index is 399. The summed E-state index contributed by atoms with van der Waals surface area (Å²) < 4.78 is 0. The number of aliphatic hydroxyl groups excluding tert-OH is 1. The standard InChI is InChI=1S/C15H22O3/c1-9(14(17)18)11-4-6-15(3)7-5-13(16)10(2)12(15)8-11/h11-13,16H,1-2,4-8H2,3H3,(H,17,18)/t11-,12-,13-,15-/m1/s1. The summed E-state index contributed by atoms with van der Waals surface area (Å²) in [6.45, 7) is 9.97. The zero-order valence-corrected chi connectivity index (χ0v) is 11.0. The molecule has 18 heavy (non-hydrogen) atoms. The first kappa shape index (κ1) is 13.3. The highest BCUT2D eigenvalue weighted by Crippen LogP contribution is 2.54. The number of hydrogen-bond donors (Lipinski definition) is 2. The van der Waals surface area contributed by atoms with Crippen LogP contribution in [0.5, 0.6) is 0 Å². The summed E-state index contributed by atoms with van der Waals surface area (Å²) in [6.07, 6.45) is 4.04. The molecule has 2 rings (SSSR count). The number of fused-ring (bicyclic) bond motifs is 1. The van der Waals surface area contributed by atoms with Crippen LogP contribution < -0.4 is 0 Å². The van der Waals surface area contributed by atoms with Crippen LogP contribution in [0.2, 0.25) is 0 Å². The largest absolute Gasteiger partial charge is 0.478 e. The lowest BCUT2D eigenvalue weighted by Gasteiger charge is -2.50. The summed E-state index contributed by atoms with van der Waals surface area (Å²) in [4.78, 5) is 11.0. The Kier molecular flexibility index (Phi) is 3.37. The lowest BCUT2D eigenvalue weighted by molar-refractivity contribution is -0.133. The highest BCUT2D eigenvalue weighted by Gasteiger charge is 2.46. The number of carboxylic acid groups (broad SMARTS) is 1. The summed E-state index contributed by atoms with van der Waals surface area (Å²) in [5.74, 6) is -0.635. The molecule has 0 aliphatic heterocycles. The van der Waals surface area contributed by atoms with Gasteiger partial charge in [-0.25, -0.2) is 4.79 Å². The summed E-state index contributed by atoms with van der Waals surface area (Å²) in [6, 6.07) is 0. The Hall–Kier alpha value is -1.09. The quantitative estimate of drug-likeness (QED) is 0.585. The van der Waals surface area contributed by atoms with Crippen molar-refractivity contribution in [1.82, 2.24) is 0 Å². The first-order valence-corrected chi connectivity index (χ1v) is 6.64. The van der Waals surface area contributed by atoms with Gasteiger partial charge in [-0.3, -0.25) is 0 Å². The lowest BCUT2D eigenvalue weighted by Crippen LogP contribution is -2.43. The van der Waals surface area contributed by atoms with Gasteiger partial charge < -0.3 is 10.2 Å². The van der Waals surface area contributed by atoms with Gasteiger partial charge in [0.25, 0.3) is 0 Å². The van der Waals surface area contributed by atoms with Crippen LogP contribution in [0.15, 0.2) is 24.3 Å². The molecule has 4 atom stereocenters. The molecule has 0 bridgehead atoms. The maximum Gasteiger partial charge on any atom is 0.331 e. The smallest absolute Gasteiger partial charge is 0.331 e. The molecule has 0 aromatic carbocycles. The van der Waals surface area contributed by atoms with E-state index in [2.05, 4.69) is 20.1 Å². The van der Waals surface area contributed by atoms with E-state index in [4.69, 9.17) is 5.11 Å². The van der Waals surface area contributed by atoms with Gasteiger partial charge in [0.1, 0.15) is 0 Å². The fourth-order valence-electron chi connectivity index (χ4n) is 3.64. The highest BCUT2D eigenvalue weighted by atomic mass is 16.4. The molecule has 2 N–H and O–H groups in total. The fraction of sp³-hybridized carbons (Fsp3) is 0.667. The predicted molar refractivity (Wildman–Crippen MR) is 70.1 cm³/mol. The van der Waals surface area contributed by atoms with Gasteiger partial charge >= 0.3 is 5.97 Å². The maximum atomic E-state index is 11.0. The van der Waals surface area contributed by atoms with Crippen LogP contribution >= 0.6 is 0 Å². The molecular formula is C15H22O3. The first-order chi connectivity index (χ1) is 8.35. The van der Waals surface area contributed by atoms with Gasteiger partial charge in [0.2, 0.25) is 0 Å². The molecule has 0 spiro atoms. The molecule has 3 heteroatoms. The fourth-order valence-corrected chi connectivity index (χ4v) is 3.64. The normalized spacial score (nSPS) is 40.1. The Morgan fingerprint density at radius 1 is 1.39 bits per heavy atom. The van der Waals surface area contributed by atoms with E-state index >= 15 is 0 Å². The maximum absolute atomic E-state index is 11.0. The molecule has 0 heterocycles. The number of rotatable bonds is 2. The average molecular weight is 250 g/mol. The van der Waals surface area contributed by atoms with Gasteiger partial charge in [0.05, 0.1) is 6.10 Å². The average Bonchev–Trinajstić information content (AvgIpc) is 2.33. The molecule has 2 fully saturated rings. The van der Waals surface area contributed by atoms with Crippen molar-refractivity contribution in [2.75, 3.05) is 0 Å². The summed E-state index contributed by atoms with van der Waals surface area (Å²) in [5, 5.41) is 19.0. The molecule has 3 nitrogen and oxygen atoms in total. The van der Waals surface area contributed by atoms with Gasteiger partial charge in [-0.2, -0.15) is 0 Å². The lowest BCUT2D eigenvalue weighted by atomic mass is 9.55. The van der Waals surface area contributed by atoms with Crippen molar-refractivity contribution in [2.45, 2.75) is 45.1 Å². The van der Waals surface area contributed by atoms with Gasteiger partial charge in [-0.1, -0.05) is 20.1 Å². The van der Waals surface area contributed by atoms with Crippen LogP contribution in [0.4, 0.5) is 0 Å². The van der Waals surface area contributed by atoms with Crippen molar-refractivity contribution in [1.29, 1.82) is 0 Å². The first-order valence-electron chi connectivity index (χ1n) is 6.64. The van der Waals surface area contributed by atoms with Crippen LogP contribution in [-0.2, 0) is 4.79 Å². The van der Waals surface area contributed by atoms with E-state index in [9.17, 15) is 9.90 Å². The van der Waals surface area contributed by atoms with Gasteiger partial charge in [-0.15, -0.1) is 0 Å². The topological polar surface area (TPSA) is 57.5 Å². The molecule has 2 aliphatic rings. The Morgan fingerprint density at radius 2 is 2.00 bits per heavy atom. The second-order valence-electron chi connectivity index (χ2n) is 6.14.